The molecular formula is C18H20N4S. The standard InChI is InChI=1S/C18H20N4S/c1-2-14(4-7-22-8-5-19-6-9-22)10-15(3-1)17-11-16-18(23-17)12-20-13-21-16/h1-3,10-13,19H,4-9H2. The number of thiophene rings is 1. The summed E-state index contributed by atoms with van der Waals surface area (Å²) in [5.41, 5.74) is 3.72. The van der Waals surface area contributed by atoms with Gasteiger partial charge in [-0.15, -0.1) is 11.3 Å². The van der Waals surface area contributed by atoms with Crippen LogP contribution in [0.15, 0.2) is 42.9 Å². The van der Waals surface area contributed by atoms with E-state index < -0.39 is 0 Å². The Hall–Kier alpha value is -1.82. The van der Waals surface area contributed by atoms with Crippen molar-refractivity contribution in [2.45, 2.75) is 6.42 Å². The third-order valence-corrected chi connectivity index (χ3v) is 5.44. The molecule has 0 amide bonds. The number of hydrogen-bond acceptors (Lipinski definition) is 5. The highest BCUT2D eigenvalue weighted by atomic mass is 32.1. The quantitative estimate of drug-likeness (QED) is 0.801. The Labute approximate surface area is 140 Å². The fourth-order valence-corrected chi connectivity index (χ4v) is 4.01. The van der Waals surface area contributed by atoms with Crippen LogP contribution in [-0.2, 0) is 6.42 Å². The van der Waals surface area contributed by atoms with E-state index in [1.54, 1.807) is 17.7 Å². The lowest BCUT2D eigenvalue weighted by molar-refractivity contribution is 0.244. The van der Waals surface area contributed by atoms with Crippen molar-refractivity contribution in [3.8, 4) is 10.4 Å². The molecule has 0 bridgehead atoms. The van der Waals surface area contributed by atoms with Crippen LogP contribution in [-0.4, -0.2) is 47.6 Å². The third-order valence-electron chi connectivity index (χ3n) is 4.33. The normalized spacial score (nSPS) is 16.0. The second kappa shape index (κ2) is 6.74. The topological polar surface area (TPSA) is 41.0 Å². The van der Waals surface area contributed by atoms with Gasteiger partial charge < -0.3 is 10.2 Å². The fraction of sp³-hybridized carbons (Fsp3) is 0.333. The molecule has 1 fully saturated rings. The largest absolute Gasteiger partial charge is 0.314 e. The molecule has 1 aliphatic heterocycles. The first kappa shape index (κ1) is 14.8. The van der Waals surface area contributed by atoms with E-state index in [2.05, 4.69) is 50.5 Å². The monoisotopic (exact) mass is 324 g/mol. The van der Waals surface area contributed by atoms with Crippen LogP contribution in [0.1, 0.15) is 5.56 Å². The highest BCUT2D eigenvalue weighted by Crippen LogP contribution is 2.32. The summed E-state index contributed by atoms with van der Waals surface area (Å²) in [5.74, 6) is 0. The van der Waals surface area contributed by atoms with E-state index in [9.17, 15) is 0 Å². The van der Waals surface area contributed by atoms with E-state index in [0.29, 0.717) is 0 Å². The van der Waals surface area contributed by atoms with Crippen molar-refractivity contribution in [1.29, 1.82) is 0 Å². The summed E-state index contributed by atoms with van der Waals surface area (Å²) >= 11 is 1.76. The summed E-state index contributed by atoms with van der Waals surface area (Å²) in [6.07, 6.45) is 4.62. The Kier molecular flexibility index (Phi) is 4.33. The maximum atomic E-state index is 4.33. The van der Waals surface area contributed by atoms with Gasteiger partial charge in [-0.2, -0.15) is 0 Å². The highest BCUT2D eigenvalue weighted by Gasteiger charge is 2.10. The van der Waals surface area contributed by atoms with E-state index in [-0.39, 0.29) is 0 Å². The number of hydrogen-bond donors (Lipinski definition) is 1. The number of aromatic nitrogens is 2. The van der Waals surface area contributed by atoms with Crippen molar-refractivity contribution in [2.75, 3.05) is 32.7 Å². The SMILES string of the molecule is c1cc(CCN2CCNCC2)cc(-c2cc3ncncc3s2)c1. The zero-order valence-corrected chi connectivity index (χ0v) is 13.9. The maximum Gasteiger partial charge on any atom is 0.116 e. The van der Waals surface area contributed by atoms with Gasteiger partial charge in [-0.1, -0.05) is 24.3 Å². The van der Waals surface area contributed by atoms with Crippen LogP contribution in [0, 0.1) is 0 Å². The number of rotatable bonds is 4. The van der Waals surface area contributed by atoms with E-state index >= 15 is 0 Å². The molecule has 0 unspecified atom stereocenters. The van der Waals surface area contributed by atoms with Crippen LogP contribution >= 0.6 is 11.3 Å². The summed E-state index contributed by atoms with van der Waals surface area (Å²) in [6, 6.07) is 11.1. The highest BCUT2D eigenvalue weighted by molar-refractivity contribution is 7.22. The van der Waals surface area contributed by atoms with Crippen LogP contribution < -0.4 is 5.32 Å². The predicted molar refractivity (Wildman–Crippen MR) is 95.9 cm³/mol. The Morgan fingerprint density at radius 2 is 2.09 bits per heavy atom. The molecule has 23 heavy (non-hydrogen) atoms. The molecule has 1 aromatic carbocycles. The summed E-state index contributed by atoms with van der Waals surface area (Å²) in [6.45, 7) is 5.69. The lowest BCUT2D eigenvalue weighted by atomic mass is 10.1. The van der Waals surface area contributed by atoms with Gasteiger partial charge in [-0.3, -0.25) is 0 Å². The Bertz CT molecular complexity index is 759. The summed E-state index contributed by atoms with van der Waals surface area (Å²) in [5, 5.41) is 3.40. The van der Waals surface area contributed by atoms with Gasteiger partial charge in [0.25, 0.3) is 0 Å². The fourth-order valence-electron chi connectivity index (χ4n) is 3.03. The van der Waals surface area contributed by atoms with Gasteiger partial charge in [0.15, 0.2) is 0 Å². The molecule has 4 rings (SSSR count). The number of nitrogens with zero attached hydrogens (tertiary/aromatic N) is 3. The minimum atomic E-state index is 1.03. The Morgan fingerprint density at radius 1 is 1.17 bits per heavy atom. The maximum absolute atomic E-state index is 4.33. The molecule has 0 spiro atoms. The zero-order valence-electron chi connectivity index (χ0n) is 13.0. The summed E-state index contributed by atoms with van der Waals surface area (Å²) in [4.78, 5) is 12.2. The molecule has 0 atom stereocenters. The van der Waals surface area contributed by atoms with Gasteiger partial charge in [0, 0.05) is 43.8 Å². The molecule has 1 aliphatic rings. The van der Waals surface area contributed by atoms with Crippen LogP contribution in [0.4, 0.5) is 0 Å². The molecule has 1 saturated heterocycles. The molecule has 0 radical (unpaired) electrons. The van der Waals surface area contributed by atoms with Gasteiger partial charge in [-0.25, -0.2) is 9.97 Å². The van der Waals surface area contributed by atoms with Crippen LogP contribution in [0.3, 0.4) is 0 Å². The molecule has 3 heterocycles. The molecular weight excluding hydrogens is 304 g/mol. The molecule has 0 aliphatic carbocycles. The van der Waals surface area contributed by atoms with Crippen LogP contribution in [0.2, 0.25) is 0 Å². The number of fused-ring (bicyclic) bond motifs is 1. The van der Waals surface area contributed by atoms with E-state index in [1.807, 2.05) is 6.20 Å². The smallest absolute Gasteiger partial charge is 0.116 e. The average Bonchev–Trinajstić information content (AvgIpc) is 3.05. The van der Waals surface area contributed by atoms with Crippen molar-refractivity contribution in [3.63, 3.8) is 0 Å². The van der Waals surface area contributed by atoms with Crippen molar-refractivity contribution in [1.82, 2.24) is 20.2 Å². The van der Waals surface area contributed by atoms with Crippen molar-refractivity contribution >= 4 is 21.6 Å². The molecule has 1 N–H and O–H groups in total. The number of piperazine rings is 1. The minimum Gasteiger partial charge on any atom is -0.314 e. The summed E-state index contributed by atoms with van der Waals surface area (Å²) < 4.78 is 1.15. The number of nitrogens with one attached hydrogen (secondary N) is 1. The van der Waals surface area contributed by atoms with E-state index in [1.165, 1.54) is 16.0 Å². The van der Waals surface area contributed by atoms with Crippen molar-refractivity contribution in [3.05, 3.63) is 48.4 Å². The Balaban J connectivity index is 1.51. The van der Waals surface area contributed by atoms with Gasteiger partial charge >= 0.3 is 0 Å². The molecule has 5 heteroatoms. The lowest BCUT2D eigenvalue weighted by Crippen LogP contribution is -2.44. The van der Waals surface area contributed by atoms with Crippen LogP contribution in [0.5, 0.6) is 0 Å². The second-order valence-corrected chi connectivity index (χ2v) is 7.01. The molecule has 3 aromatic rings. The third kappa shape index (κ3) is 3.42. The van der Waals surface area contributed by atoms with Gasteiger partial charge in [0.2, 0.25) is 0 Å². The molecule has 4 nitrogen and oxygen atoms in total. The van der Waals surface area contributed by atoms with E-state index in [0.717, 1.165) is 49.4 Å². The molecule has 118 valence electrons. The summed E-state index contributed by atoms with van der Waals surface area (Å²) in [7, 11) is 0. The zero-order chi connectivity index (χ0) is 15.5. The van der Waals surface area contributed by atoms with Gasteiger partial charge in [-0.05, 0) is 23.6 Å². The van der Waals surface area contributed by atoms with Gasteiger partial charge in [0.1, 0.15) is 6.33 Å². The van der Waals surface area contributed by atoms with Crippen LogP contribution in [0.25, 0.3) is 20.7 Å². The van der Waals surface area contributed by atoms with E-state index in [4.69, 9.17) is 0 Å². The average molecular weight is 324 g/mol. The first-order chi connectivity index (χ1) is 11.4. The second-order valence-electron chi connectivity index (χ2n) is 5.92. The Morgan fingerprint density at radius 3 is 2.96 bits per heavy atom. The first-order valence-corrected chi connectivity index (χ1v) is 8.92. The first-order valence-electron chi connectivity index (χ1n) is 8.10. The number of benzene rings is 1. The minimum absolute atomic E-state index is 1.03. The molecule has 2 aromatic heterocycles. The lowest BCUT2D eigenvalue weighted by Gasteiger charge is -2.27. The molecule has 0 saturated carbocycles. The van der Waals surface area contributed by atoms with Crippen molar-refractivity contribution < 1.29 is 0 Å². The van der Waals surface area contributed by atoms with Gasteiger partial charge in [0.05, 0.1) is 10.2 Å². The predicted octanol–water partition coefficient (Wildman–Crippen LogP) is 2.81. The van der Waals surface area contributed by atoms with Crippen molar-refractivity contribution in [2.24, 2.45) is 0 Å².